The lowest BCUT2D eigenvalue weighted by atomic mass is 10.4. The lowest BCUT2D eigenvalue weighted by Gasteiger charge is -2.02. The Kier molecular flexibility index (Phi) is 4.04. The van der Waals surface area contributed by atoms with Gasteiger partial charge in [0, 0.05) is 9.92 Å². The number of benzene rings is 1. The van der Waals surface area contributed by atoms with Crippen LogP contribution >= 0.6 is 35.0 Å². The first kappa shape index (κ1) is 12.4. The minimum atomic E-state index is 0.105. The highest BCUT2D eigenvalue weighted by Crippen LogP contribution is 2.27. The van der Waals surface area contributed by atoms with Crippen LogP contribution in [0.2, 0.25) is 10.3 Å². The number of hydrogen-bond donors (Lipinski definition) is 0. The Hall–Kier alpha value is -1.04. The number of halogens is 2. The van der Waals surface area contributed by atoms with E-state index < -0.39 is 0 Å². The fourth-order valence-electron chi connectivity index (χ4n) is 1.06. The normalized spacial score (nSPS) is 10.3. The zero-order valence-electron chi connectivity index (χ0n) is 8.72. The van der Waals surface area contributed by atoms with E-state index in [-0.39, 0.29) is 11.3 Å². The fraction of sp³-hybridized carbons (Fsp3) is 0.100. The van der Waals surface area contributed by atoms with E-state index in [9.17, 15) is 0 Å². The molecule has 17 heavy (non-hydrogen) atoms. The van der Waals surface area contributed by atoms with E-state index in [2.05, 4.69) is 15.0 Å². The average Bonchev–Trinajstić information content (AvgIpc) is 2.31. The van der Waals surface area contributed by atoms with Crippen molar-refractivity contribution in [1.29, 1.82) is 0 Å². The van der Waals surface area contributed by atoms with Gasteiger partial charge in [0.25, 0.3) is 0 Å². The molecule has 0 aliphatic rings. The smallest absolute Gasteiger partial charge is 0.321 e. The standard InChI is InChI=1S/C10H7Cl2N3OS/c1-16-9-13-8(12)14-10(15-9)17-7-4-2-6(11)3-5-7/h2-5H,1H3. The van der Waals surface area contributed by atoms with Crippen molar-refractivity contribution in [2.24, 2.45) is 0 Å². The zero-order valence-corrected chi connectivity index (χ0v) is 11.1. The summed E-state index contributed by atoms with van der Waals surface area (Å²) in [6, 6.07) is 7.53. The molecule has 2 aromatic rings. The van der Waals surface area contributed by atoms with Crippen molar-refractivity contribution in [3.8, 4) is 6.01 Å². The molecule has 88 valence electrons. The SMILES string of the molecule is COc1nc(Cl)nc(Sc2ccc(Cl)cc2)n1. The van der Waals surface area contributed by atoms with E-state index in [1.165, 1.54) is 18.9 Å². The maximum Gasteiger partial charge on any atom is 0.321 e. The van der Waals surface area contributed by atoms with Gasteiger partial charge in [-0.3, -0.25) is 0 Å². The second kappa shape index (κ2) is 5.53. The second-order valence-electron chi connectivity index (χ2n) is 2.93. The van der Waals surface area contributed by atoms with Crippen molar-refractivity contribution in [3.63, 3.8) is 0 Å². The predicted octanol–water partition coefficient (Wildman–Crippen LogP) is 3.34. The molecule has 0 aliphatic heterocycles. The third-order valence-corrected chi connectivity index (χ3v) is 3.07. The van der Waals surface area contributed by atoms with Gasteiger partial charge in [-0.1, -0.05) is 11.6 Å². The molecule has 0 spiro atoms. The summed E-state index contributed by atoms with van der Waals surface area (Å²) >= 11 is 12.9. The molecule has 1 aromatic carbocycles. The van der Waals surface area contributed by atoms with Crippen molar-refractivity contribution in [3.05, 3.63) is 34.6 Å². The van der Waals surface area contributed by atoms with Crippen LogP contribution in [0.5, 0.6) is 6.01 Å². The molecule has 0 saturated heterocycles. The number of ether oxygens (including phenoxy) is 1. The quantitative estimate of drug-likeness (QED) is 0.867. The summed E-state index contributed by atoms with van der Waals surface area (Å²) in [5, 5.41) is 1.26. The Morgan fingerprint density at radius 1 is 1.06 bits per heavy atom. The van der Waals surface area contributed by atoms with Crippen LogP contribution in [0, 0.1) is 0 Å². The van der Waals surface area contributed by atoms with Crippen LogP contribution in [0.3, 0.4) is 0 Å². The first-order chi connectivity index (χ1) is 8.17. The molecule has 4 nitrogen and oxygen atoms in total. The van der Waals surface area contributed by atoms with Crippen molar-refractivity contribution < 1.29 is 4.74 Å². The number of rotatable bonds is 3. The second-order valence-corrected chi connectivity index (χ2v) is 4.74. The van der Waals surface area contributed by atoms with Gasteiger partial charge in [0.1, 0.15) is 0 Å². The fourth-order valence-corrected chi connectivity index (χ4v) is 2.13. The topological polar surface area (TPSA) is 47.9 Å². The molecule has 7 heteroatoms. The highest BCUT2D eigenvalue weighted by Gasteiger charge is 2.06. The Morgan fingerprint density at radius 3 is 2.41 bits per heavy atom. The maximum atomic E-state index is 5.80. The molecule has 0 aliphatic carbocycles. The summed E-state index contributed by atoms with van der Waals surface area (Å²) in [7, 11) is 1.47. The molecule has 0 radical (unpaired) electrons. The lowest BCUT2D eigenvalue weighted by Crippen LogP contribution is -1.96. The van der Waals surface area contributed by atoms with Gasteiger partial charge in [0.2, 0.25) is 5.28 Å². The molecule has 0 unspecified atom stereocenters. The van der Waals surface area contributed by atoms with Crippen molar-refractivity contribution in [2.45, 2.75) is 10.1 Å². The zero-order chi connectivity index (χ0) is 12.3. The van der Waals surface area contributed by atoms with Gasteiger partial charge in [-0.15, -0.1) is 0 Å². The predicted molar refractivity (Wildman–Crippen MR) is 67.0 cm³/mol. The largest absolute Gasteiger partial charge is 0.467 e. The molecule has 1 aromatic heterocycles. The number of methoxy groups -OCH3 is 1. The van der Waals surface area contributed by atoms with E-state index in [1.807, 2.05) is 12.1 Å². The van der Waals surface area contributed by atoms with Crippen LogP contribution in [0.1, 0.15) is 0 Å². The van der Waals surface area contributed by atoms with Crippen molar-refractivity contribution in [1.82, 2.24) is 15.0 Å². The summed E-state index contributed by atoms with van der Waals surface area (Å²) in [6.45, 7) is 0. The van der Waals surface area contributed by atoms with Crippen molar-refractivity contribution >= 4 is 35.0 Å². The number of nitrogens with zero attached hydrogens (tertiary/aromatic N) is 3. The Balaban J connectivity index is 2.23. The Morgan fingerprint density at radius 2 is 1.76 bits per heavy atom. The first-order valence-corrected chi connectivity index (χ1v) is 6.13. The van der Waals surface area contributed by atoms with Gasteiger partial charge in [0.15, 0.2) is 5.16 Å². The van der Waals surface area contributed by atoms with Gasteiger partial charge < -0.3 is 4.74 Å². The summed E-state index contributed by atoms with van der Waals surface area (Å²) in [4.78, 5) is 12.8. The molecule has 1 heterocycles. The number of aromatic nitrogens is 3. The van der Waals surface area contributed by atoms with E-state index in [1.54, 1.807) is 12.1 Å². The highest BCUT2D eigenvalue weighted by atomic mass is 35.5. The third kappa shape index (κ3) is 3.46. The Bertz CT molecular complexity index is 521. The minimum absolute atomic E-state index is 0.105. The molecule has 0 N–H and O–H groups in total. The monoisotopic (exact) mass is 287 g/mol. The maximum absolute atomic E-state index is 5.80. The summed E-state index contributed by atoms with van der Waals surface area (Å²) < 4.78 is 4.91. The van der Waals surface area contributed by atoms with E-state index in [4.69, 9.17) is 27.9 Å². The molecule has 0 fully saturated rings. The minimum Gasteiger partial charge on any atom is -0.467 e. The van der Waals surface area contributed by atoms with Crippen LogP contribution in [-0.4, -0.2) is 22.1 Å². The van der Waals surface area contributed by atoms with E-state index >= 15 is 0 Å². The van der Waals surface area contributed by atoms with Gasteiger partial charge >= 0.3 is 6.01 Å². The van der Waals surface area contributed by atoms with Gasteiger partial charge in [-0.05, 0) is 47.6 Å². The van der Waals surface area contributed by atoms with Gasteiger partial charge in [-0.2, -0.15) is 15.0 Å². The van der Waals surface area contributed by atoms with Crippen LogP contribution in [-0.2, 0) is 0 Å². The van der Waals surface area contributed by atoms with Gasteiger partial charge in [0.05, 0.1) is 7.11 Å². The van der Waals surface area contributed by atoms with Crippen LogP contribution < -0.4 is 4.74 Å². The van der Waals surface area contributed by atoms with Crippen LogP contribution in [0.25, 0.3) is 0 Å². The van der Waals surface area contributed by atoms with E-state index in [0.29, 0.717) is 10.2 Å². The summed E-state index contributed by atoms with van der Waals surface area (Å²) in [6.07, 6.45) is 0. The summed E-state index contributed by atoms with van der Waals surface area (Å²) in [5.74, 6) is 0. The van der Waals surface area contributed by atoms with E-state index in [0.717, 1.165) is 4.90 Å². The highest BCUT2D eigenvalue weighted by molar-refractivity contribution is 7.99. The number of hydrogen-bond acceptors (Lipinski definition) is 5. The molecule has 2 rings (SSSR count). The van der Waals surface area contributed by atoms with Crippen LogP contribution in [0.4, 0.5) is 0 Å². The molecule has 0 saturated carbocycles. The first-order valence-electron chi connectivity index (χ1n) is 4.56. The summed E-state index contributed by atoms with van der Waals surface area (Å²) in [5.41, 5.74) is 0. The lowest BCUT2D eigenvalue weighted by molar-refractivity contribution is 0.373. The Labute approximate surface area is 112 Å². The van der Waals surface area contributed by atoms with Crippen LogP contribution in [0.15, 0.2) is 34.3 Å². The molecule has 0 bridgehead atoms. The van der Waals surface area contributed by atoms with Gasteiger partial charge in [-0.25, -0.2) is 0 Å². The van der Waals surface area contributed by atoms with Crippen molar-refractivity contribution in [2.75, 3.05) is 7.11 Å². The average molecular weight is 288 g/mol. The molecular formula is C10H7Cl2N3OS. The third-order valence-electron chi connectivity index (χ3n) is 1.77. The molecular weight excluding hydrogens is 281 g/mol. The molecule has 0 atom stereocenters. The molecule has 0 amide bonds.